The number of halogens is 1. The molecule has 0 N–H and O–H groups in total. The van der Waals surface area contributed by atoms with Gasteiger partial charge >= 0.3 is 0 Å². The van der Waals surface area contributed by atoms with E-state index in [1.807, 2.05) is 6.07 Å². The minimum absolute atomic E-state index is 1.18. The summed E-state index contributed by atoms with van der Waals surface area (Å²) in [5.41, 5.74) is 3.67. The molecule has 0 atom stereocenters. The minimum atomic E-state index is 1.18. The second-order valence-corrected chi connectivity index (χ2v) is 4.52. The quantitative estimate of drug-likeness (QED) is 0.695. The molecule has 0 amide bonds. The smallest absolute Gasteiger partial charge is 0.0136 e. The van der Waals surface area contributed by atoms with Crippen LogP contribution in [0.1, 0.15) is 5.56 Å². The molecule has 0 aliphatic rings. The third kappa shape index (κ3) is 2.15. The molecule has 0 heterocycles. The van der Waals surface area contributed by atoms with Crippen LogP contribution in [0.5, 0.6) is 0 Å². The molecule has 0 fully saturated rings. The van der Waals surface area contributed by atoms with E-state index in [0.717, 1.165) is 0 Å². The third-order valence-corrected chi connectivity index (χ3v) is 2.80. The molecule has 0 aliphatic carbocycles. The molecule has 0 nitrogen and oxygen atoms in total. The summed E-state index contributed by atoms with van der Waals surface area (Å²) in [6, 6.07) is 18.0. The molecule has 0 saturated heterocycles. The van der Waals surface area contributed by atoms with Crippen LogP contribution >= 0.6 is 22.6 Å². The van der Waals surface area contributed by atoms with E-state index in [-0.39, 0.29) is 0 Å². The molecule has 2 aromatic carbocycles. The van der Waals surface area contributed by atoms with Crippen molar-refractivity contribution in [2.45, 2.75) is 6.92 Å². The molecule has 69 valence electrons. The molecule has 14 heavy (non-hydrogen) atoms. The molecule has 2 aromatic rings. The second-order valence-electron chi connectivity index (χ2n) is 3.27. The summed E-state index contributed by atoms with van der Waals surface area (Å²) in [4.78, 5) is 0. The molecule has 0 aliphatic heterocycles. The van der Waals surface area contributed by atoms with E-state index >= 15 is 0 Å². The molecule has 2 rings (SSSR count). The van der Waals surface area contributed by atoms with Crippen LogP contribution in [-0.2, 0) is 0 Å². The second kappa shape index (κ2) is 4.13. The highest BCUT2D eigenvalue weighted by Gasteiger charge is 1.96. The van der Waals surface area contributed by atoms with Gasteiger partial charge in [0.25, 0.3) is 0 Å². The Morgan fingerprint density at radius 3 is 2.57 bits per heavy atom. The van der Waals surface area contributed by atoms with Crippen molar-refractivity contribution < 1.29 is 0 Å². The fourth-order valence-electron chi connectivity index (χ4n) is 1.35. The van der Waals surface area contributed by atoms with Gasteiger partial charge in [-0.15, -0.1) is 0 Å². The molecule has 1 heteroatoms. The Morgan fingerprint density at radius 2 is 1.93 bits per heavy atom. The van der Waals surface area contributed by atoms with Crippen LogP contribution < -0.4 is 0 Å². The van der Waals surface area contributed by atoms with Crippen LogP contribution in [-0.4, -0.2) is 0 Å². The topological polar surface area (TPSA) is 0 Å². The Morgan fingerprint density at radius 1 is 1.07 bits per heavy atom. The Bertz CT molecular complexity index is 429. The standard InChI is InChI=1S/C13H10I/c1-10-5-7-11(8-6-10)12-3-2-4-13(14)9-12/h2-5,7-9H,1H3. The monoisotopic (exact) mass is 293 g/mol. The van der Waals surface area contributed by atoms with Crippen molar-refractivity contribution in [2.24, 2.45) is 0 Å². The predicted molar refractivity (Wildman–Crippen MR) is 68.2 cm³/mol. The van der Waals surface area contributed by atoms with Gasteiger partial charge in [-0.05, 0) is 70.5 Å². The SMILES string of the molecule is Cc1[c]cc(-c2cccc(I)c2)cc1. The molecule has 0 unspecified atom stereocenters. The van der Waals surface area contributed by atoms with Crippen LogP contribution in [0.15, 0.2) is 42.5 Å². The average Bonchev–Trinajstić information content (AvgIpc) is 2.19. The van der Waals surface area contributed by atoms with E-state index < -0.39 is 0 Å². The molecular formula is C13H10I. The molecule has 1 radical (unpaired) electrons. The van der Waals surface area contributed by atoms with E-state index in [0.29, 0.717) is 0 Å². The lowest BCUT2D eigenvalue weighted by molar-refractivity contribution is 1.45. The van der Waals surface area contributed by atoms with Crippen LogP contribution in [0.2, 0.25) is 0 Å². The number of hydrogen-bond donors (Lipinski definition) is 0. The lowest BCUT2D eigenvalue weighted by atomic mass is 10.0. The van der Waals surface area contributed by atoms with Crippen molar-refractivity contribution in [3.8, 4) is 11.1 Å². The van der Waals surface area contributed by atoms with E-state index in [1.54, 1.807) is 0 Å². The van der Waals surface area contributed by atoms with Gasteiger partial charge in [-0.1, -0.05) is 24.3 Å². The van der Waals surface area contributed by atoms with Crippen molar-refractivity contribution in [2.75, 3.05) is 0 Å². The van der Waals surface area contributed by atoms with Gasteiger partial charge in [-0.25, -0.2) is 0 Å². The predicted octanol–water partition coefficient (Wildman–Crippen LogP) is 4.07. The molecule has 0 bridgehead atoms. The first kappa shape index (κ1) is 9.71. The molecule has 0 aromatic heterocycles. The van der Waals surface area contributed by atoms with E-state index in [2.05, 4.69) is 72.0 Å². The van der Waals surface area contributed by atoms with Gasteiger partial charge in [0.1, 0.15) is 0 Å². The number of hydrogen-bond acceptors (Lipinski definition) is 0. The summed E-state index contributed by atoms with van der Waals surface area (Å²) in [6.45, 7) is 2.05. The highest BCUT2D eigenvalue weighted by atomic mass is 127. The Hall–Kier alpha value is -0.830. The number of aryl methyl sites for hydroxylation is 1. The summed E-state index contributed by atoms with van der Waals surface area (Å²) >= 11 is 2.33. The van der Waals surface area contributed by atoms with E-state index in [1.165, 1.54) is 20.3 Å². The van der Waals surface area contributed by atoms with Crippen LogP contribution in [0.3, 0.4) is 0 Å². The average molecular weight is 293 g/mol. The zero-order chi connectivity index (χ0) is 9.97. The fraction of sp³-hybridized carbons (Fsp3) is 0.0769. The van der Waals surface area contributed by atoms with Crippen molar-refractivity contribution in [3.63, 3.8) is 0 Å². The Labute approximate surface area is 98.1 Å². The zero-order valence-corrected chi connectivity index (χ0v) is 10.1. The molecular weight excluding hydrogens is 283 g/mol. The summed E-state index contributed by atoms with van der Waals surface area (Å²) < 4.78 is 1.26. The number of benzene rings is 2. The van der Waals surface area contributed by atoms with Crippen LogP contribution in [0, 0.1) is 16.6 Å². The van der Waals surface area contributed by atoms with Crippen molar-refractivity contribution in [1.29, 1.82) is 0 Å². The largest absolute Gasteiger partial charge is 0.0606 e. The summed E-state index contributed by atoms with van der Waals surface area (Å²) in [5.74, 6) is 0. The third-order valence-electron chi connectivity index (χ3n) is 2.13. The van der Waals surface area contributed by atoms with Gasteiger partial charge in [0.2, 0.25) is 0 Å². The summed E-state index contributed by atoms with van der Waals surface area (Å²) in [5, 5.41) is 0. The Kier molecular flexibility index (Phi) is 2.87. The highest BCUT2D eigenvalue weighted by molar-refractivity contribution is 14.1. The van der Waals surface area contributed by atoms with Gasteiger partial charge < -0.3 is 0 Å². The highest BCUT2D eigenvalue weighted by Crippen LogP contribution is 2.21. The molecule has 0 spiro atoms. The summed E-state index contributed by atoms with van der Waals surface area (Å²) in [7, 11) is 0. The molecule has 0 saturated carbocycles. The first-order valence-corrected chi connectivity index (χ1v) is 5.58. The van der Waals surface area contributed by atoms with Crippen molar-refractivity contribution >= 4 is 22.6 Å². The van der Waals surface area contributed by atoms with E-state index in [4.69, 9.17) is 0 Å². The van der Waals surface area contributed by atoms with Crippen molar-refractivity contribution in [1.82, 2.24) is 0 Å². The minimum Gasteiger partial charge on any atom is -0.0606 e. The lowest BCUT2D eigenvalue weighted by Crippen LogP contribution is -1.79. The maximum Gasteiger partial charge on any atom is 0.0136 e. The first-order valence-electron chi connectivity index (χ1n) is 4.50. The van der Waals surface area contributed by atoms with Crippen LogP contribution in [0.4, 0.5) is 0 Å². The normalized spacial score (nSPS) is 10.1. The van der Waals surface area contributed by atoms with Crippen LogP contribution in [0.25, 0.3) is 11.1 Å². The van der Waals surface area contributed by atoms with Gasteiger partial charge in [-0.2, -0.15) is 0 Å². The van der Waals surface area contributed by atoms with Gasteiger partial charge in [0.15, 0.2) is 0 Å². The lowest BCUT2D eigenvalue weighted by Gasteiger charge is -2.02. The first-order chi connectivity index (χ1) is 6.75. The van der Waals surface area contributed by atoms with Gasteiger partial charge in [0, 0.05) is 3.57 Å². The van der Waals surface area contributed by atoms with Crippen molar-refractivity contribution in [3.05, 3.63) is 57.7 Å². The summed E-state index contributed by atoms with van der Waals surface area (Å²) in [6.07, 6.45) is 0. The van der Waals surface area contributed by atoms with Gasteiger partial charge in [-0.3, -0.25) is 0 Å². The van der Waals surface area contributed by atoms with E-state index in [9.17, 15) is 0 Å². The maximum atomic E-state index is 3.22. The fourth-order valence-corrected chi connectivity index (χ4v) is 1.89. The zero-order valence-electron chi connectivity index (χ0n) is 7.92. The van der Waals surface area contributed by atoms with Gasteiger partial charge in [0.05, 0.1) is 0 Å². The Balaban J connectivity index is 2.44. The maximum absolute atomic E-state index is 3.22. The number of rotatable bonds is 1.